The molecule has 1 N–H and O–H groups in total. The zero-order chi connectivity index (χ0) is 25.8. The highest BCUT2D eigenvalue weighted by Crippen LogP contribution is 2.21. The van der Waals surface area contributed by atoms with Crippen LogP contribution in [-0.2, 0) is 28.3 Å². The summed E-state index contributed by atoms with van der Waals surface area (Å²) in [5, 5.41) is 3.75. The van der Waals surface area contributed by atoms with Crippen molar-refractivity contribution in [3.8, 4) is 0 Å². The number of unbranched alkanes of at least 4 members (excludes halogenated alkanes) is 1. The number of halogens is 2. The molecule has 2 amide bonds. The molecule has 0 radical (unpaired) electrons. The number of nitrogens with zero attached hydrogens (tertiary/aromatic N) is 1. The van der Waals surface area contributed by atoms with Gasteiger partial charge in [-0.05, 0) is 47.4 Å². The lowest BCUT2D eigenvalue weighted by molar-refractivity contribution is -0.139. The fourth-order valence-electron chi connectivity index (χ4n) is 3.81. The van der Waals surface area contributed by atoms with Crippen molar-refractivity contribution in [3.63, 3.8) is 0 Å². The lowest BCUT2D eigenvalue weighted by atomic mass is 10.0. The second-order valence-electron chi connectivity index (χ2n) is 8.62. The van der Waals surface area contributed by atoms with E-state index >= 15 is 0 Å². The standard InChI is InChI=1S/C29H32BrClN2O2S/c1-2-3-16-32-29(35)27(18-22-8-5-4-6-9-22)33(19-24-10-7-11-25(30)17-24)28(34)21-36-20-23-12-14-26(31)15-13-23/h4-15,17,27H,2-3,16,18-21H2,1H3,(H,32,35)/t27-/m0/s1. The summed E-state index contributed by atoms with van der Waals surface area (Å²) in [6.45, 7) is 3.05. The Balaban J connectivity index is 1.82. The Hall–Kier alpha value is -2.28. The smallest absolute Gasteiger partial charge is 0.243 e. The maximum Gasteiger partial charge on any atom is 0.243 e. The molecule has 0 aliphatic rings. The highest BCUT2D eigenvalue weighted by molar-refractivity contribution is 9.10. The number of hydrogen-bond donors (Lipinski definition) is 1. The molecule has 190 valence electrons. The van der Waals surface area contributed by atoms with Crippen molar-refractivity contribution >= 4 is 51.1 Å². The minimum atomic E-state index is -0.605. The van der Waals surface area contributed by atoms with E-state index in [-0.39, 0.29) is 17.6 Å². The summed E-state index contributed by atoms with van der Waals surface area (Å²) < 4.78 is 0.941. The third-order valence-electron chi connectivity index (χ3n) is 5.75. The molecule has 0 spiro atoms. The SMILES string of the molecule is CCCCNC(=O)[C@H](Cc1ccccc1)N(Cc1cccc(Br)c1)C(=O)CSCc1ccc(Cl)cc1. The number of thioether (sulfide) groups is 1. The van der Waals surface area contributed by atoms with Crippen LogP contribution < -0.4 is 5.32 Å². The fraction of sp³-hybridized carbons (Fsp3) is 0.310. The Morgan fingerprint density at radius 1 is 0.972 bits per heavy atom. The average molecular weight is 588 g/mol. The average Bonchev–Trinajstić information content (AvgIpc) is 2.88. The molecule has 0 aliphatic heterocycles. The molecule has 0 aliphatic carbocycles. The van der Waals surface area contributed by atoms with E-state index in [1.165, 1.54) is 0 Å². The van der Waals surface area contributed by atoms with Crippen LogP contribution in [-0.4, -0.2) is 35.1 Å². The topological polar surface area (TPSA) is 49.4 Å². The zero-order valence-electron chi connectivity index (χ0n) is 20.5. The summed E-state index contributed by atoms with van der Waals surface area (Å²) >= 11 is 11.1. The van der Waals surface area contributed by atoms with Crippen molar-refractivity contribution in [3.05, 3.63) is 105 Å². The van der Waals surface area contributed by atoms with Gasteiger partial charge >= 0.3 is 0 Å². The molecule has 3 aromatic carbocycles. The highest BCUT2D eigenvalue weighted by atomic mass is 79.9. The van der Waals surface area contributed by atoms with Crippen LogP contribution >= 0.6 is 39.3 Å². The van der Waals surface area contributed by atoms with E-state index in [9.17, 15) is 9.59 Å². The quantitative estimate of drug-likeness (QED) is 0.222. The van der Waals surface area contributed by atoms with Crippen LogP contribution in [0.5, 0.6) is 0 Å². The van der Waals surface area contributed by atoms with Gasteiger partial charge in [0.2, 0.25) is 11.8 Å². The minimum Gasteiger partial charge on any atom is -0.354 e. The first-order valence-corrected chi connectivity index (χ1v) is 14.5. The first-order valence-electron chi connectivity index (χ1n) is 12.1. The van der Waals surface area contributed by atoms with Gasteiger partial charge in [0.1, 0.15) is 6.04 Å². The van der Waals surface area contributed by atoms with Gasteiger partial charge in [0.05, 0.1) is 5.75 Å². The summed E-state index contributed by atoms with van der Waals surface area (Å²) in [4.78, 5) is 28.8. The van der Waals surface area contributed by atoms with Gasteiger partial charge < -0.3 is 10.2 Å². The van der Waals surface area contributed by atoms with Gasteiger partial charge in [-0.1, -0.05) is 95.5 Å². The first kappa shape index (κ1) is 28.3. The number of rotatable bonds is 13. The van der Waals surface area contributed by atoms with Crippen molar-refractivity contribution in [1.29, 1.82) is 0 Å². The molecule has 0 bridgehead atoms. The Labute approximate surface area is 231 Å². The third kappa shape index (κ3) is 9.30. The van der Waals surface area contributed by atoms with Crippen LogP contribution in [0.1, 0.15) is 36.5 Å². The molecule has 0 unspecified atom stereocenters. The van der Waals surface area contributed by atoms with Crippen LogP contribution in [0.3, 0.4) is 0 Å². The second kappa shape index (κ2) is 15.1. The Morgan fingerprint density at radius 2 is 1.69 bits per heavy atom. The Bertz CT molecular complexity index is 1110. The molecule has 7 heteroatoms. The van der Waals surface area contributed by atoms with E-state index in [1.807, 2.05) is 78.9 Å². The van der Waals surface area contributed by atoms with E-state index in [2.05, 4.69) is 28.2 Å². The summed E-state index contributed by atoms with van der Waals surface area (Å²) in [5.41, 5.74) is 3.10. The molecule has 36 heavy (non-hydrogen) atoms. The number of amides is 2. The molecule has 0 aromatic heterocycles. The van der Waals surface area contributed by atoms with Crippen LogP contribution in [0.4, 0.5) is 0 Å². The molecule has 3 rings (SSSR count). The first-order chi connectivity index (χ1) is 17.5. The molecule has 1 atom stereocenters. The second-order valence-corrected chi connectivity index (χ2v) is 11.0. The minimum absolute atomic E-state index is 0.0551. The predicted molar refractivity (Wildman–Crippen MR) is 154 cm³/mol. The lowest BCUT2D eigenvalue weighted by Gasteiger charge is -2.31. The van der Waals surface area contributed by atoms with Crippen molar-refractivity contribution < 1.29 is 9.59 Å². The molecule has 0 fully saturated rings. The molecule has 0 saturated heterocycles. The normalized spacial score (nSPS) is 11.6. The van der Waals surface area contributed by atoms with Crippen LogP contribution in [0.2, 0.25) is 5.02 Å². The Morgan fingerprint density at radius 3 is 2.39 bits per heavy atom. The van der Waals surface area contributed by atoms with E-state index in [1.54, 1.807) is 16.7 Å². The summed E-state index contributed by atoms with van der Waals surface area (Å²) in [6, 6.07) is 24.8. The maximum absolute atomic E-state index is 13.6. The van der Waals surface area contributed by atoms with Crippen molar-refractivity contribution in [1.82, 2.24) is 10.2 Å². The zero-order valence-corrected chi connectivity index (χ0v) is 23.6. The molecule has 4 nitrogen and oxygen atoms in total. The van der Waals surface area contributed by atoms with E-state index in [0.717, 1.165) is 34.0 Å². The van der Waals surface area contributed by atoms with Gasteiger partial charge in [-0.2, -0.15) is 0 Å². The molecule has 0 heterocycles. The number of carbonyl (C=O) groups is 2. The van der Waals surface area contributed by atoms with E-state index in [0.29, 0.717) is 30.3 Å². The van der Waals surface area contributed by atoms with E-state index in [4.69, 9.17) is 11.6 Å². The van der Waals surface area contributed by atoms with Crippen molar-refractivity contribution in [2.24, 2.45) is 0 Å². The molecule has 0 saturated carbocycles. The molecular formula is C29H32BrClN2O2S. The van der Waals surface area contributed by atoms with Gasteiger partial charge in [0.25, 0.3) is 0 Å². The van der Waals surface area contributed by atoms with Gasteiger partial charge in [0, 0.05) is 34.8 Å². The van der Waals surface area contributed by atoms with E-state index < -0.39 is 6.04 Å². The highest BCUT2D eigenvalue weighted by Gasteiger charge is 2.30. The molecular weight excluding hydrogens is 556 g/mol. The summed E-state index contributed by atoms with van der Waals surface area (Å²) in [6.07, 6.45) is 2.35. The monoisotopic (exact) mass is 586 g/mol. The summed E-state index contributed by atoms with van der Waals surface area (Å²) in [5.74, 6) is 0.808. The third-order valence-corrected chi connectivity index (χ3v) is 7.48. The van der Waals surface area contributed by atoms with Crippen LogP contribution in [0.25, 0.3) is 0 Å². The predicted octanol–water partition coefficient (Wildman–Crippen LogP) is 6.89. The Kier molecular flexibility index (Phi) is 11.9. The van der Waals surface area contributed by atoms with Gasteiger partial charge in [-0.3, -0.25) is 9.59 Å². The van der Waals surface area contributed by atoms with Gasteiger partial charge in [-0.25, -0.2) is 0 Å². The van der Waals surface area contributed by atoms with Crippen molar-refractivity contribution in [2.75, 3.05) is 12.3 Å². The van der Waals surface area contributed by atoms with Gasteiger partial charge in [-0.15, -0.1) is 11.8 Å². The maximum atomic E-state index is 13.6. The number of benzene rings is 3. The number of nitrogens with one attached hydrogen (secondary N) is 1. The largest absolute Gasteiger partial charge is 0.354 e. The fourth-order valence-corrected chi connectivity index (χ4v) is 5.26. The van der Waals surface area contributed by atoms with Gasteiger partial charge in [0.15, 0.2) is 0 Å². The summed E-state index contributed by atoms with van der Waals surface area (Å²) in [7, 11) is 0. The van der Waals surface area contributed by atoms with Crippen molar-refractivity contribution in [2.45, 2.75) is 44.5 Å². The number of hydrogen-bond acceptors (Lipinski definition) is 3. The lowest BCUT2D eigenvalue weighted by Crippen LogP contribution is -2.51. The molecule has 3 aromatic rings. The number of carbonyl (C=O) groups excluding carboxylic acids is 2. The van der Waals surface area contributed by atoms with Crippen LogP contribution in [0, 0.1) is 0 Å². The van der Waals surface area contributed by atoms with Crippen LogP contribution in [0.15, 0.2) is 83.3 Å².